The van der Waals surface area contributed by atoms with Crippen molar-refractivity contribution in [1.82, 2.24) is 9.97 Å². The van der Waals surface area contributed by atoms with Gasteiger partial charge in [0, 0.05) is 27.7 Å². The lowest BCUT2D eigenvalue weighted by Crippen LogP contribution is -1.98. The Kier molecular flexibility index (Phi) is 5.23. The Morgan fingerprint density at radius 2 is 2.00 bits per heavy atom. The van der Waals surface area contributed by atoms with E-state index in [2.05, 4.69) is 40.4 Å². The molecule has 3 aromatic rings. The lowest BCUT2D eigenvalue weighted by atomic mass is 10.2. The zero-order chi connectivity index (χ0) is 16.9. The van der Waals surface area contributed by atoms with Gasteiger partial charge in [-0.25, -0.2) is 4.98 Å². The van der Waals surface area contributed by atoms with Crippen LogP contribution in [-0.2, 0) is 0 Å². The summed E-state index contributed by atoms with van der Waals surface area (Å²) in [6.45, 7) is 2.07. The van der Waals surface area contributed by atoms with Gasteiger partial charge in [0.05, 0.1) is 12.1 Å². The highest BCUT2D eigenvalue weighted by Crippen LogP contribution is 2.35. The van der Waals surface area contributed by atoms with E-state index < -0.39 is 0 Å². The quantitative estimate of drug-likeness (QED) is 0.667. The molecular formula is C18H16ClN3OS. The molecular weight excluding hydrogens is 342 g/mol. The molecule has 122 valence electrons. The third-order valence-corrected chi connectivity index (χ3v) is 4.73. The van der Waals surface area contributed by atoms with Gasteiger partial charge < -0.3 is 10.1 Å². The molecule has 0 saturated carbocycles. The van der Waals surface area contributed by atoms with E-state index in [1.165, 1.54) is 5.56 Å². The number of aryl methyl sites for hydroxylation is 1. The van der Waals surface area contributed by atoms with Crippen LogP contribution in [0.2, 0.25) is 5.02 Å². The molecule has 0 aliphatic carbocycles. The molecule has 0 aliphatic heterocycles. The van der Waals surface area contributed by atoms with Crippen LogP contribution in [0, 0.1) is 6.92 Å². The van der Waals surface area contributed by atoms with Crippen LogP contribution in [0.5, 0.6) is 5.88 Å². The summed E-state index contributed by atoms with van der Waals surface area (Å²) in [5.41, 5.74) is 2.08. The van der Waals surface area contributed by atoms with Gasteiger partial charge in [-0.05, 0) is 37.3 Å². The molecule has 0 fully saturated rings. The maximum Gasteiger partial charge on any atom is 0.230 e. The summed E-state index contributed by atoms with van der Waals surface area (Å²) >= 11 is 7.96. The Bertz CT molecular complexity index is 857. The number of halogens is 1. The van der Waals surface area contributed by atoms with Gasteiger partial charge in [0.25, 0.3) is 0 Å². The van der Waals surface area contributed by atoms with E-state index in [9.17, 15) is 0 Å². The predicted octanol–water partition coefficient (Wildman–Crippen LogP) is 5.34. The third kappa shape index (κ3) is 4.19. The van der Waals surface area contributed by atoms with Crippen LogP contribution in [0.25, 0.3) is 0 Å². The molecule has 1 N–H and O–H groups in total. The molecule has 6 heteroatoms. The van der Waals surface area contributed by atoms with Crippen LogP contribution in [0.3, 0.4) is 0 Å². The van der Waals surface area contributed by atoms with E-state index >= 15 is 0 Å². The molecule has 4 nitrogen and oxygen atoms in total. The van der Waals surface area contributed by atoms with Crippen LogP contribution in [-0.4, -0.2) is 17.1 Å². The fourth-order valence-corrected chi connectivity index (χ4v) is 3.34. The van der Waals surface area contributed by atoms with Gasteiger partial charge in [-0.15, -0.1) is 0 Å². The first-order chi connectivity index (χ1) is 11.6. The molecule has 0 amide bonds. The average molecular weight is 358 g/mol. The number of methoxy groups -OCH3 is 1. The topological polar surface area (TPSA) is 47.0 Å². The second-order valence-electron chi connectivity index (χ2n) is 5.11. The minimum absolute atomic E-state index is 0.475. The summed E-state index contributed by atoms with van der Waals surface area (Å²) in [4.78, 5) is 10.6. The fraction of sp³-hybridized carbons (Fsp3) is 0.111. The standard InChI is InChI=1S/C18H16ClN3OS/c1-12-4-3-5-14(10-12)24-16-11-13(6-7-15(16)19)21-18-20-9-8-17(22-18)23-2/h3-11H,1-2H3,(H,20,21,22). The van der Waals surface area contributed by atoms with Crippen molar-refractivity contribution >= 4 is 35.0 Å². The summed E-state index contributed by atoms with van der Waals surface area (Å²) < 4.78 is 5.11. The van der Waals surface area contributed by atoms with Gasteiger partial charge in [0.1, 0.15) is 0 Å². The number of rotatable bonds is 5. The molecule has 0 bridgehead atoms. The van der Waals surface area contributed by atoms with Gasteiger partial charge in [-0.1, -0.05) is 41.1 Å². The number of hydrogen-bond donors (Lipinski definition) is 1. The highest BCUT2D eigenvalue weighted by atomic mass is 35.5. The maximum atomic E-state index is 6.34. The number of nitrogens with zero attached hydrogens (tertiary/aromatic N) is 2. The molecule has 0 atom stereocenters. The number of aromatic nitrogens is 2. The van der Waals surface area contributed by atoms with Crippen molar-refractivity contribution in [2.45, 2.75) is 16.7 Å². The SMILES string of the molecule is COc1ccnc(Nc2ccc(Cl)c(Sc3cccc(C)c3)c2)n1. The predicted molar refractivity (Wildman–Crippen MR) is 98.6 cm³/mol. The fourth-order valence-electron chi connectivity index (χ4n) is 2.11. The number of nitrogens with one attached hydrogen (secondary N) is 1. The second-order valence-corrected chi connectivity index (χ2v) is 6.63. The number of hydrogen-bond acceptors (Lipinski definition) is 5. The molecule has 0 spiro atoms. The minimum atomic E-state index is 0.475. The Hall–Kier alpha value is -2.24. The molecule has 3 rings (SSSR count). The molecule has 1 aromatic heterocycles. The van der Waals surface area contributed by atoms with E-state index in [1.807, 2.05) is 24.3 Å². The van der Waals surface area contributed by atoms with Crippen molar-refractivity contribution in [2.75, 3.05) is 12.4 Å². The lowest BCUT2D eigenvalue weighted by Gasteiger charge is -2.10. The van der Waals surface area contributed by atoms with Gasteiger partial charge in [0.2, 0.25) is 11.8 Å². The Morgan fingerprint density at radius 1 is 1.12 bits per heavy atom. The van der Waals surface area contributed by atoms with Crippen LogP contribution in [0.15, 0.2) is 64.5 Å². The monoisotopic (exact) mass is 357 g/mol. The minimum Gasteiger partial charge on any atom is -0.481 e. The van der Waals surface area contributed by atoms with Crippen molar-refractivity contribution in [3.63, 3.8) is 0 Å². The van der Waals surface area contributed by atoms with Crippen molar-refractivity contribution in [2.24, 2.45) is 0 Å². The number of ether oxygens (including phenoxy) is 1. The summed E-state index contributed by atoms with van der Waals surface area (Å²) in [6.07, 6.45) is 1.65. The van der Waals surface area contributed by atoms with E-state index in [0.717, 1.165) is 15.5 Å². The first-order valence-electron chi connectivity index (χ1n) is 7.32. The summed E-state index contributed by atoms with van der Waals surface area (Å²) in [5.74, 6) is 0.985. The normalized spacial score (nSPS) is 10.5. The summed E-state index contributed by atoms with van der Waals surface area (Å²) in [5, 5.41) is 3.88. The molecule has 1 heterocycles. The first-order valence-corrected chi connectivity index (χ1v) is 8.51. The third-order valence-electron chi connectivity index (χ3n) is 3.24. The van der Waals surface area contributed by atoms with Gasteiger partial charge in [-0.3, -0.25) is 0 Å². The van der Waals surface area contributed by atoms with Crippen molar-refractivity contribution < 1.29 is 4.74 Å². The molecule has 24 heavy (non-hydrogen) atoms. The molecule has 0 aliphatic rings. The van der Waals surface area contributed by atoms with E-state index in [4.69, 9.17) is 16.3 Å². The van der Waals surface area contributed by atoms with Crippen LogP contribution < -0.4 is 10.1 Å². The van der Waals surface area contributed by atoms with E-state index in [0.29, 0.717) is 16.9 Å². The largest absolute Gasteiger partial charge is 0.481 e. The lowest BCUT2D eigenvalue weighted by molar-refractivity contribution is 0.397. The zero-order valence-corrected chi connectivity index (χ0v) is 14.9. The molecule has 0 saturated heterocycles. The Balaban J connectivity index is 1.83. The molecule has 0 radical (unpaired) electrons. The van der Waals surface area contributed by atoms with Gasteiger partial charge >= 0.3 is 0 Å². The van der Waals surface area contributed by atoms with E-state index in [-0.39, 0.29) is 0 Å². The molecule has 0 unspecified atom stereocenters. The van der Waals surface area contributed by atoms with Crippen LogP contribution in [0.4, 0.5) is 11.6 Å². The van der Waals surface area contributed by atoms with Crippen molar-refractivity contribution in [1.29, 1.82) is 0 Å². The zero-order valence-electron chi connectivity index (χ0n) is 13.3. The maximum absolute atomic E-state index is 6.34. The van der Waals surface area contributed by atoms with Crippen molar-refractivity contribution in [3.8, 4) is 5.88 Å². The Morgan fingerprint density at radius 3 is 2.79 bits per heavy atom. The highest BCUT2D eigenvalue weighted by Gasteiger charge is 2.07. The number of benzene rings is 2. The van der Waals surface area contributed by atoms with Crippen LogP contribution >= 0.6 is 23.4 Å². The average Bonchev–Trinajstić information content (AvgIpc) is 2.58. The van der Waals surface area contributed by atoms with E-state index in [1.54, 1.807) is 31.1 Å². The molecule has 2 aromatic carbocycles. The smallest absolute Gasteiger partial charge is 0.230 e. The highest BCUT2D eigenvalue weighted by molar-refractivity contribution is 7.99. The van der Waals surface area contributed by atoms with Gasteiger partial charge in [-0.2, -0.15) is 4.98 Å². The summed E-state index contributed by atoms with van der Waals surface area (Å²) in [7, 11) is 1.57. The second kappa shape index (κ2) is 7.55. The first kappa shape index (κ1) is 16.6. The summed E-state index contributed by atoms with van der Waals surface area (Å²) in [6, 6.07) is 15.8. The Labute approximate surface area is 150 Å². The van der Waals surface area contributed by atoms with Gasteiger partial charge in [0.15, 0.2) is 0 Å². The number of anilines is 2. The van der Waals surface area contributed by atoms with Crippen molar-refractivity contribution in [3.05, 3.63) is 65.3 Å². The van der Waals surface area contributed by atoms with Crippen LogP contribution in [0.1, 0.15) is 5.56 Å².